The Morgan fingerprint density at radius 3 is 2.37 bits per heavy atom. The Morgan fingerprint density at radius 2 is 1.70 bits per heavy atom. The van der Waals surface area contributed by atoms with Crippen LogP contribution < -0.4 is 14.8 Å². The lowest BCUT2D eigenvalue weighted by Crippen LogP contribution is -2.17. The Labute approximate surface area is 153 Å². The van der Waals surface area contributed by atoms with Gasteiger partial charge < -0.3 is 14.8 Å². The van der Waals surface area contributed by atoms with Crippen LogP contribution in [0.5, 0.6) is 11.6 Å². The predicted octanol–water partition coefficient (Wildman–Crippen LogP) is 5.01. The van der Waals surface area contributed by atoms with Crippen molar-refractivity contribution in [2.24, 2.45) is 0 Å². The summed E-state index contributed by atoms with van der Waals surface area (Å²) < 4.78 is 46.3. The van der Waals surface area contributed by atoms with Crippen molar-refractivity contribution in [3.63, 3.8) is 0 Å². The highest BCUT2D eigenvalue weighted by Gasteiger charge is 2.30. The number of benzene rings is 2. The second-order valence-electron chi connectivity index (χ2n) is 5.64. The minimum Gasteiger partial charge on any atom is -0.470 e. The average Bonchev–Trinajstić information content (AvgIpc) is 2.63. The topological polar surface area (TPSA) is 56.3 Å². The smallest absolute Gasteiger partial charge is 0.470 e. The highest BCUT2D eigenvalue weighted by Crippen LogP contribution is 2.27. The molecule has 0 saturated carbocycles. The molecule has 0 bridgehead atoms. The molecule has 0 unspecified atom stereocenters. The number of hydrogen-bond donors (Lipinski definition) is 1. The maximum atomic E-state index is 12.2. The first-order valence-corrected chi connectivity index (χ1v) is 8.02. The van der Waals surface area contributed by atoms with Gasteiger partial charge in [0, 0.05) is 5.69 Å². The zero-order chi connectivity index (χ0) is 19.3. The van der Waals surface area contributed by atoms with Crippen molar-refractivity contribution in [3.05, 3.63) is 72.1 Å². The monoisotopic (exact) mass is 375 g/mol. The molecule has 1 N–H and O–H groups in total. The number of rotatable bonds is 6. The van der Waals surface area contributed by atoms with Gasteiger partial charge in [0.05, 0.1) is 11.9 Å². The first-order valence-electron chi connectivity index (χ1n) is 8.02. The molecule has 27 heavy (non-hydrogen) atoms. The molecule has 1 aromatic heterocycles. The Kier molecular flexibility index (Phi) is 5.44. The number of ether oxygens (including phenoxy) is 2. The Bertz CT molecular complexity index is 885. The second-order valence-corrected chi connectivity index (χ2v) is 5.64. The molecule has 0 spiro atoms. The molecule has 0 atom stereocenters. The van der Waals surface area contributed by atoms with E-state index in [1.54, 1.807) is 13.1 Å². The fourth-order valence-corrected chi connectivity index (χ4v) is 2.24. The first-order chi connectivity index (χ1) is 12.9. The Balaban J connectivity index is 1.72. The lowest BCUT2D eigenvalue weighted by molar-refractivity contribution is -0.274. The van der Waals surface area contributed by atoms with Crippen LogP contribution in [0.1, 0.15) is 11.3 Å². The standard InChI is InChI=1S/C19H16F3N3O2/c1-13-11-23-17(18(24-13)26-12-14-5-3-2-4-6-14)25-15-7-9-16(10-8-15)27-19(20,21)22/h2-11H,12H2,1H3,(H,23,25). The van der Waals surface area contributed by atoms with Crippen LogP contribution in [-0.2, 0) is 6.61 Å². The zero-order valence-corrected chi connectivity index (χ0v) is 14.3. The Morgan fingerprint density at radius 1 is 1.00 bits per heavy atom. The van der Waals surface area contributed by atoms with E-state index in [0.29, 0.717) is 29.7 Å². The number of nitrogens with zero attached hydrogens (tertiary/aromatic N) is 2. The molecule has 0 aliphatic heterocycles. The van der Waals surface area contributed by atoms with E-state index in [4.69, 9.17) is 4.74 Å². The molecule has 3 rings (SSSR count). The largest absolute Gasteiger partial charge is 0.573 e. The normalized spacial score (nSPS) is 11.1. The lowest BCUT2D eigenvalue weighted by atomic mass is 10.2. The van der Waals surface area contributed by atoms with E-state index in [2.05, 4.69) is 20.0 Å². The van der Waals surface area contributed by atoms with Gasteiger partial charge in [-0.15, -0.1) is 13.2 Å². The number of anilines is 2. The molecule has 1 heterocycles. The van der Waals surface area contributed by atoms with E-state index < -0.39 is 6.36 Å². The van der Waals surface area contributed by atoms with Gasteiger partial charge in [-0.25, -0.2) is 9.97 Å². The van der Waals surface area contributed by atoms with Gasteiger partial charge in [-0.2, -0.15) is 0 Å². The molecule has 3 aromatic rings. The summed E-state index contributed by atoms with van der Waals surface area (Å²) in [5, 5.41) is 2.99. The maximum absolute atomic E-state index is 12.2. The average molecular weight is 375 g/mol. The molecule has 0 amide bonds. The van der Waals surface area contributed by atoms with Crippen LogP contribution in [0.15, 0.2) is 60.8 Å². The molecule has 0 radical (unpaired) electrons. The Hall–Kier alpha value is -3.29. The molecule has 8 heteroatoms. The van der Waals surface area contributed by atoms with Crippen LogP contribution in [0.4, 0.5) is 24.7 Å². The number of aromatic nitrogens is 2. The molecule has 0 fully saturated rings. The summed E-state index contributed by atoms with van der Waals surface area (Å²) in [4.78, 5) is 8.59. The number of alkyl halides is 3. The van der Waals surface area contributed by atoms with Crippen molar-refractivity contribution in [3.8, 4) is 11.6 Å². The number of aryl methyl sites for hydroxylation is 1. The number of nitrogens with one attached hydrogen (secondary N) is 1. The summed E-state index contributed by atoms with van der Waals surface area (Å²) in [6.45, 7) is 2.10. The van der Waals surface area contributed by atoms with Gasteiger partial charge in [0.15, 0.2) is 5.82 Å². The summed E-state index contributed by atoms with van der Waals surface area (Å²) in [5.74, 6) is 0.360. The van der Waals surface area contributed by atoms with Gasteiger partial charge in [-0.05, 0) is 36.8 Å². The van der Waals surface area contributed by atoms with E-state index in [9.17, 15) is 13.2 Å². The second kappa shape index (κ2) is 7.94. The number of hydrogen-bond acceptors (Lipinski definition) is 5. The summed E-state index contributed by atoms with van der Waals surface area (Å²) in [7, 11) is 0. The molecule has 0 aliphatic rings. The minimum atomic E-state index is -4.73. The summed E-state index contributed by atoms with van der Waals surface area (Å²) in [6, 6.07) is 14.9. The fraction of sp³-hybridized carbons (Fsp3) is 0.158. The van der Waals surface area contributed by atoms with Crippen molar-refractivity contribution < 1.29 is 22.6 Å². The SMILES string of the molecule is Cc1cnc(Nc2ccc(OC(F)(F)F)cc2)c(OCc2ccccc2)n1. The molecule has 140 valence electrons. The van der Waals surface area contributed by atoms with E-state index in [1.807, 2.05) is 30.3 Å². The quantitative estimate of drug-likeness (QED) is 0.657. The van der Waals surface area contributed by atoms with E-state index >= 15 is 0 Å². The van der Waals surface area contributed by atoms with Crippen LogP contribution in [0, 0.1) is 6.92 Å². The maximum Gasteiger partial charge on any atom is 0.573 e. The summed E-state index contributed by atoms with van der Waals surface area (Å²) >= 11 is 0. The van der Waals surface area contributed by atoms with Crippen LogP contribution in [0.2, 0.25) is 0 Å². The molecular formula is C19H16F3N3O2. The van der Waals surface area contributed by atoms with Gasteiger partial charge in [-0.1, -0.05) is 30.3 Å². The molecule has 0 saturated heterocycles. The zero-order valence-electron chi connectivity index (χ0n) is 14.3. The third-order valence-electron chi connectivity index (χ3n) is 3.43. The summed E-state index contributed by atoms with van der Waals surface area (Å²) in [6.07, 6.45) is -3.16. The summed E-state index contributed by atoms with van der Waals surface area (Å²) in [5.41, 5.74) is 2.17. The van der Waals surface area contributed by atoms with E-state index in [-0.39, 0.29) is 5.75 Å². The van der Waals surface area contributed by atoms with Crippen molar-refractivity contribution in [2.45, 2.75) is 19.9 Å². The van der Waals surface area contributed by atoms with Crippen molar-refractivity contribution >= 4 is 11.5 Å². The third kappa shape index (κ3) is 5.60. The van der Waals surface area contributed by atoms with Gasteiger partial charge >= 0.3 is 6.36 Å². The number of halogens is 3. The third-order valence-corrected chi connectivity index (χ3v) is 3.43. The molecular weight excluding hydrogens is 359 g/mol. The van der Waals surface area contributed by atoms with Gasteiger partial charge in [0.25, 0.3) is 5.88 Å². The van der Waals surface area contributed by atoms with Crippen molar-refractivity contribution in [2.75, 3.05) is 5.32 Å². The molecule has 2 aromatic carbocycles. The van der Waals surface area contributed by atoms with Crippen molar-refractivity contribution in [1.29, 1.82) is 0 Å². The fourth-order valence-electron chi connectivity index (χ4n) is 2.24. The van der Waals surface area contributed by atoms with Crippen LogP contribution in [-0.4, -0.2) is 16.3 Å². The van der Waals surface area contributed by atoms with Crippen LogP contribution >= 0.6 is 0 Å². The van der Waals surface area contributed by atoms with Gasteiger partial charge in [0.1, 0.15) is 12.4 Å². The van der Waals surface area contributed by atoms with Crippen LogP contribution in [0.25, 0.3) is 0 Å². The van der Waals surface area contributed by atoms with Crippen molar-refractivity contribution in [1.82, 2.24) is 9.97 Å². The van der Waals surface area contributed by atoms with Crippen LogP contribution in [0.3, 0.4) is 0 Å². The lowest BCUT2D eigenvalue weighted by Gasteiger charge is -2.13. The highest BCUT2D eigenvalue weighted by molar-refractivity contribution is 5.61. The molecule has 5 nitrogen and oxygen atoms in total. The highest BCUT2D eigenvalue weighted by atomic mass is 19.4. The van der Waals surface area contributed by atoms with E-state index in [0.717, 1.165) is 5.56 Å². The minimum absolute atomic E-state index is 0.300. The van der Waals surface area contributed by atoms with Gasteiger partial charge in [-0.3, -0.25) is 0 Å². The predicted molar refractivity (Wildman–Crippen MR) is 94.0 cm³/mol. The molecule has 0 aliphatic carbocycles. The van der Waals surface area contributed by atoms with Gasteiger partial charge in [0.2, 0.25) is 0 Å². The first kappa shape index (κ1) is 18.5. The van der Waals surface area contributed by atoms with E-state index in [1.165, 1.54) is 24.3 Å².